The number of ether oxygens (including phenoxy) is 1. The summed E-state index contributed by atoms with van der Waals surface area (Å²) < 4.78 is 21.6. The first-order valence-corrected chi connectivity index (χ1v) is 10.6. The lowest BCUT2D eigenvalue weighted by Gasteiger charge is -2.12. The Hall–Kier alpha value is -3.72. The molecule has 4 rings (SSSR count). The van der Waals surface area contributed by atoms with E-state index in [0.717, 1.165) is 0 Å². The number of halogens is 2. The van der Waals surface area contributed by atoms with Crippen LogP contribution in [-0.2, 0) is 11.2 Å². The third kappa shape index (κ3) is 4.88. The van der Waals surface area contributed by atoms with Crippen molar-refractivity contribution in [2.75, 3.05) is 12.4 Å². The molecule has 0 bridgehead atoms. The predicted octanol–water partition coefficient (Wildman–Crippen LogP) is 3.89. The molecule has 0 saturated heterocycles. The van der Waals surface area contributed by atoms with E-state index in [4.69, 9.17) is 16.3 Å². The minimum atomic E-state index is -0.439. The molecule has 1 atom stereocenters. The van der Waals surface area contributed by atoms with E-state index in [1.807, 2.05) is 6.92 Å². The van der Waals surface area contributed by atoms with Gasteiger partial charge in [0.25, 0.3) is 0 Å². The van der Waals surface area contributed by atoms with E-state index >= 15 is 0 Å². The maximum Gasteiger partial charge on any atom is 0.300 e. The molecule has 8 nitrogen and oxygen atoms in total. The fraction of sp³-hybridized carbons (Fsp3) is 0.217. The van der Waals surface area contributed by atoms with E-state index in [9.17, 15) is 14.0 Å². The smallest absolute Gasteiger partial charge is 0.300 e. The monoisotopic (exact) mass is 469 g/mol. The molecule has 1 unspecified atom stereocenters. The molecule has 0 aliphatic carbocycles. The highest BCUT2D eigenvalue weighted by Gasteiger charge is 2.17. The van der Waals surface area contributed by atoms with Gasteiger partial charge in [-0.2, -0.15) is 0 Å². The lowest BCUT2D eigenvalue weighted by atomic mass is 10.0. The normalized spacial score (nSPS) is 12.0. The van der Waals surface area contributed by atoms with Crippen LogP contribution in [0.25, 0.3) is 11.3 Å². The maximum absolute atomic E-state index is 13.5. The molecule has 0 aliphatic heterocycles. The third-order valence-corrected chi connectivity index (χ3v) is 5.42. The van der Waals surface area contributed by atoms with Gasteiger partial charge in [-0.1, -0.05) is 24.6 Å². The Bertz CT molecular complexity index is 1380. The minimum absolute atomic E-state index is 0.0724. The number of nitrogens with one attached hydrogen (secondary N) is 1. The lowest BCUT2D eigenvalue weighted by Crippen LogP contribution is -2.21. The van der Waals surface area contributed by atoms with E-state index in [0.29, 0.717) is 34.4 Å². The second-order valence-electron chi connectivity index (χ2n) is 7.67. The molecule has 4 aromatic rings. The van der Waals surface area contributed by atoms with Gasteiger partial charge in [-0.05, 0) is 42.3 Å². The SMILES string of the molecule is COc1ccc(NC(=O)CC(C)Cc2nnc3c(=O)n(-c4cccc(F)c4)ccn23)cc1Cl. The van der Waals surface area contributed by atoms with Gasteiger partial charge < -0.3 is 10.1 Å². The van der Waals surface area contributed by atoms with Gasteiger partial charge in [0.2, 0.25) is 11.6 Å². The maximum atomic E-state index is 13.5. The number of nitrogens with zero attached hydrogens (tertiary/aromatic N) is 4. The summed E-state index contributed by atoms with van der Waals surface area (Å²) in [5, 5.41) is 11.4. The molecular weight excluding hydrogens is 449 g/mol. The molecule has 0 spiro atoms. The fourth-order valence-electron chi connectivity index (χ4n) is 3.56. The Morgan fingerprint density at radius 3 is 2.76 bits per heavy atom. The summed E-state index contributed by atoms with van der Waals surface area (Å²) in [6, 6.07) is 10.8. The van der Waals surface area contributed by atoms with Crippen molar-refractivity contribution < 1.29 is 13.9 Å². The summed E-state index contributed by atoms with van der Waals surface area (Å²) in [4.78, 5) is 25.3. The average molecular weight is 470 g/mol. The number of anilines is 1. The van der Waals surface area contributed by atoms with Crippen LogP contribution in [0.15, 0.2) is 59.7 Å². The molecule has 0 saturated carbocycles. The zero-order valence-corrected chi connectivity index (χ0v) is 18.7. The Morgan fingerprint density at radius 1 is 1.21 bits per heavy atom. The molecule has 2 aromatic carbocycles. The summed E-state index contributed by atoms with van der Waals surface area (Å²) in [6.07, 6.45) is 3.87. The van der Waals surface area contributed by atoms with Crippen LogP contribution in [0.1, 0.15) is 19.2 Å². The van der Waals surface area contributed by atoms with Crippen LogP contribution in [-0.4, -0.2) is 32.2 Å². The highest BCUT2D eigenvalue weighted by molar-refractivity contribution is 6.32. The van der Waals surface area contributed by atoms with E-state index in [2.05, 4.69) is 15.5 Å². The number of aromatic nitrogens is 4. The van der Waals surface area contributed by atoms with Crippen LogP contribution in [0.4, 0.5) is 10.1 Å². The number of methoxy groups -OCH3 is 1. The van der Waals surface area contributed by atoms with Crippen LogP contribution in [0.3, 0.4) is 0 Å². The average Bonchev–Trinajstić information content (AvgIpc) is 3.17. The van der Waals surface area contributed by atoms with E-state index < -0.39 is 11.4 Å². The first-order chi connectivity index (χ1) is 15.9. The van der Waals surface area contributed by atoms with Crippen LogP contribution in [0.5, 0.6) is 5.75 Å². The van der Waals surface area contributed by atoms with Gasteiger partial charge in [-0.3, -0.25) is 18.6 Å². The molecule has 0 aliphatic rings. The van der Waals surface area contributed by atoms with Crippen molar-refractivity contribution in [3.05, 3.63) is 81.9 Å². The van der Waals surface area contributed by atoms with Gasteiger partial charge >= 0.3 is 5.56 Å². The van der Waals surface area contributed by atoms with Crippen molar-refractivity contribution >= 4 is 28.8 Å². The number of carbonyl (C=O) groups is 1. The van der Waals surface area contributed by atoms with E-state index in [1.165, 1.54) is 29.9 Å². The summed E-state index contributed by atoms with van der Waals surface area (Å²) in [7, 11) is 1.52. The molecule has 0 radical (unpaired) electrons. The molecule has 33 heavy (non-hydrogen) atoms. The van der Waals surface area contributed by atoms with Crippen molar-refractivity contribution in [2.24, 2.45) is 5.92 Å². The highest BCUT2D eigenvalue weighted by atomic mass is 35.5. The minimum Gasteiger partial charge on any atom is -0.495 e. The van der Waals surface area contributed by atoms with Gasteiger partial charge in [-0.25, -0.2) is 4.39 Å². The van der Waals surface area contributed by atoms with Crippen LogP contribution in [0.2, 0.25) is 5.02 Å². The van der Waals surface area contributed by atoms with Crippen LogP contribution < -0.4 is 15.6 Å². The molecular formula is C23H21ClFN5O3. The molecule has 0 fully saturated rings. The van der Waals surface area contributed by atoms with Crippen molar-refractivity contribution in [1.29, 1.82) is 0 Å². The van der Waals surface area contributed by atoms with E-state index in [-0.39, 0.29) is 23.9 Å². The summed E-state index contributed by atoms with van der Waals surface area (Å²) in [5.74, 6) is 0.396. The summed E-state index contributed by atoms with van der Waals surface area (Å²) >= 11 is 6.10. The first kappa shape index (κ1) is 22.5. The Kier molecular flexibility index (Phi) is 6.41. The standard InChI is InChI=1S/C23H21ClFN5O3/c1-14(11-21(31)26-16-6-7-19(33-2)18(24)13-16)10-20-27-28-22-23(32)29(8-9-30(20)22)17-5-3-4-15(25)12-17/h3-9,12-14H,10-11H2,1-2H3,(H,26,31). The predicted molar refractivity (Wildman–Crippen MR) is 123 cm³/mol. The second-order valence-corrected chi connectivity index (χ2v) is 8.08. The van der Waals surface area contributed by atoms with Gasteiger partial charge in [0.05, 0.1) is 17.8 Å². The molecule has 2 aromatic heterocycles. The number of amides is 1. The zero-order chi connectivity index (χ0) is 23.5. The molecule has 170 valence electrons. The van der Waals surface area contributed by atoms with Crippen LogP contribution in [0, 0.1) is 11.7 Å². The van der Waals surface area contributed by atoms with Gasteiger partial charge in [0.15, 0.2) is 0 Å². The first-order valence-electron chi connectivity index (χ1n) is 10.2. The Balaban J connectivity index is 1.46. The number of benzene rings is 2. The largest absolute Gasteiger partial charge is 0.495 e. The summed E-state index contributed by atoms with van der Waals surface area (Å²) in [6.45, 7) is 1.91. The quantitative estimate of drug-likeness (QED) is 0.443. The zero-order valence-electron chi connectivity index (χ0n) is 18.0. The highest BCUT2D eigenvalue weighted by Crippen LogP contribution is 2.27. The Labute approximate surface area is 193 Å². The number of carbonyl (C=O) groups excluding carboxylic acids is 1. The van der Waals surface area contributed by atoms with Crippen LogP contribution >= 0.6 is 11.6 Å². The number of fused-ring (bicyclic) bond motifs is 1. The summed E-state index contributed by atoms with van der Waals surface area (Å²) in [5.41, 5.74) is 0.685. The number of hydrogen-bond acceptors (Lipinski definition) is 5. The number of hydrogen-bond donors (Lipinski definition) is 1. The topological polar surface area (TPSA) is 90.5 Å². The number of rotatable bonds is 7. The third-order valence-electron chi connectivity index (χ3n) is 5.13. The Morgan fingerprint density at radius 2 is 2.03 bits per heavy atom. The fourth-order valence-corrected chi connectivity index (χ4v) is 3.82. The molecule has 1 N–H and O–H groups in total. The molecule has 1 amide bonds. The van der Waals surface area contributed by atoms with Gasteiger partial charge in [0.1, 0.15) is 17.4 Å². The van der Waals surface area contributed by atoms with Crippen molar-refractivity contribution in [3.8, 4) is 11.4 Å². The van der Waals surface area contributed by atoms with Gasteiger partial charge in [-0.15, -0.1) is 10.2 Å². The molecule has 2 heterocycles. The van der Waals surface area contributed by atoms with Gasteiger partial charge in [0, 0.05) is 30.9 Å². The van der Waals surface area contributed by atoms with Crippen molar-refractivity contribution in [2.45, 2.75) is 19.8 Å². The lowest BCUT2D eigenvalue weighted by molar-refractivity contribution is -0.116. The van der Waals surface area contributed by atoms with Crippen molar-refractivity contribution in [1.82, 2.24) is 19.2 Å². The van der Waals surface area contributed by atoms with Crippen molar-refractivity contribution in [3.63, 3.8) is 0 Å². The second kappa shape index (κ2) is 9.41. The van der Waals surface area contributed by atoms with E-state index in [1.54, 1.807) is 41.1 Å². The molecule has 10 heteroatoms.